The molecular weight excluding hydrogens is 152 g/mol. The number of nitriles is 1. The van der Waals surface area contributed by atoms with E-state index in [4.69, 9.17) is 15.7 Å². The summed E-state index contributed by atoms with van der Waals surface area (Å²) >= 11 is 0. The van der Waals surface area contributed by atoms with Gasteiger partial charge in [-0.3, -0.25) is 0 Å². The van der Waals surface area contributed by atoms with Crippen molar-refractivity contribution in [2.75, 3.05) is 7.11 Å². The van der Waals surface area contributed by atoms with Gasteiger partial charge in [0.2, 0.25) is 0 Å². The Morgan fingerprint density at radius 2 is 2.33 bits per heavy atom. The molecule has 1 aromatic rings. The Morgan fingerprint density at radius 1 is 1.58 bits per heavy atom. The van der Waals surface area contributed by atoms with Crippen LogP contribution in [0, 0.1) is 11.3 Å². The van der Waals surface area contributed by atoms with Crippen LogP contribution < -0.4 is 10.5 Å². The first-order chi connectivity index (χ1) is 5.83. The van der Waals surface area contributed by atoms with E-state index in [-0.39, 0.29) is 0 Å². The lowest BCUT2D eigenvalue weighted by Crippen LogP contribution is -2.02. The molecule has 0 unspecified atom stereocenters. The number of methoxy groups -OCH3 is 1. The van der Waals surface area contributed by atoms with E-state index in [0.29, 0.717) is 17.9 Å². The van der Waals surface area contributed by atoms with Crippen LogP contribution in [0.3, 0.4) is 0 Å². The molecule has 1 rings (SSSR count). The topological polar surface area (TPSA) is 59.0 Å². The molecule has 1 aromatic carbocycles. The molecule has 0 atom stereocenters. The maximum atomic E-state index is 8.71. The van der Waals surface area contributed by atoms with Gasteiger partial charge in [0.25, 0.3) is 0 Å². The molecule has 0 amide bonds. The summed E-state index contributed by atoms with van der Waals surface area (Å²) in [5, 5.41) is 8.71. The summed E-state index contributed by atoms with van der Waals surface area (Å²) in [7, 11) is 1.57. The van der Waals surface area contributed by atoms with Crippen molar-refractivity contribution in [2.24, 2.45) is 5.73 Å². The number of hydrogen-bond acceptors (Lipinski definition) is 3. The van der Waals surface area contributed by atoms with Crippen molar-refractivity contribution < 1.29 is 4.74 Å². The van der Waals surface area contributed by atoms with Crippen LogP contribution in [0.4, 0.5) is 0 Å². The number of nitrogens with two attached hydrogens (primary N) is 1. The summed E-state index contributed by atoms with van der Waals surface area (Å²) < 4.78 is 5.05. The fourth-order valence-electron chi connectivity index (χ4n) is 1.07. The molecule has 0 fully saturated rings. The molecule has 0 heterocycles. The predicted molar refractivity (Wildman–Crippen MR) is 45.6 cm³/mol. The van der Waals surface area contributed by atoms with E-state index < -0.39 is 0 Å². The molecule has 12 heavy (non-hydrogen) atoms. The van der Waals surface area contributed by atoms with Gasteiger partial charge in [0.1, 0.15) is 5.75 Å². The zero-order chi connectivity index (χ0) is 8.97. The van der Waals surface area contributed by atoms with E-state index in [1.165, 1.54) is 0 Å². The zero-order valence-corrected chi connectivity index (χ0v) is 6.87. The van der Waals surface area contributed by atoms with Crippen LogP contribution in [0.1, 0.15) is 11.1 Å². The van der Waals surface area contributed by atoms with Crippen molar-refractivity contribution in [1.29, 1.82) is 5.26 Å². The number of ether oxygens (including phenoxy) is 1. The molecule has 0 aliphatic rings. The second-order valence-corrected chi connectivity index (χ2v) is 2.30. The highest BCUT2D eigenvalue weighted by Gasteiger charge is 2.05. The Hall–Kier alpha value is -1.53. The van der Waals surface area contributed by atoms with Gasteiger partial charge in [-0.15, -0.1) is 0 Å². The molecule has 3 nitrogen and oxygen atoms in total. The Kier molecular flexibility index (Phi) is 2.67. The van der Waals surface area contributed by atoms with Crippen molar-refractivity contribution in [2.45, 2.75) is 6.54 Å². The van der Waals surface area contributed by atoms with Crippen LogP contribution in [0.25, 0.3) is 0 Å². The van der Waals surface area contributed by atoms with Gasteiger partial charge in [-0.05, 0) is 12.1 Å². The van der Waals surface area contributed by atoms with Gasteiger partial charge in [-0.1, -0.05) is 6.07 Å². The summed E-state index contributed by atoms with van der Waals surface area (Å²) in [6.07, 6.45) is 0. The third kappa shape index (κ3) is 1.39. The summed E-state index contributed by atoms with van der Waals surface area (Å²) in [6, 6.07) is 7.36. The Balaban J connectivity index is 3.24. The lowest BCUT2D eigenvalue weighted by Gasteiger charge is -2.06. The zero-order valence-electron chi connectivity index (χ0n) is 6.87. The first-order valence-corrected chi connectivity index (χ1v) is 3.59. The number of hydrogen-bond donors (Lipinski definition) is 1. The second-order valence-electron chi connectivity index (χ2n) is 2.30. The van der Waals surface area contributed by atoms with E-state index in [1.54, 1.807) is 25.3 Å². The first kappa shape index (κ1) is 8.57. The van der Waals surface area contributed by atoms with Crippen molar-refractivity contribution in [3.05, 3.63) is 29.3 Å². The average Bonchev–Trinajstić information content (AvgIpc) is 2.16. The fraction of sp³-hybridized carbons (Fsp3) is 0.222. The minimum Gasteiger partial charge on any atom is -0.496 e. The van der Waals surface area contributed by atoms with E-state index in [2.05, 4.69) is 6.07 Å². The highest BCUT2D eigenvalue weighted by molar-refractivity contribution is 5.46. The molecular formula is C9H10N2O. The van der Waals surface area contributed by atoms with Crippen LogP contribution >= 0.6 is 0 Å². The fourth-order valence-corrected chi connectivity index (χ4v) is 1.07. The van der Waals surface area contributed by atoms with Gasteiger partial charge >= 0.3 is 0 Å². The molecule has 0 aliphatic carbocycles. The molecule has 0 radical (unpaired) electrons. The average molecular weight is 162 g/mol. The van der Waals surface area contributed by atoms with Crippen molar-refractivity contribution >= 4 is 0 Å². The number of rotatable bonds is 2. The third-order valence-electron chi connectivity index (χ3n) is 1.68. The summed E-state index contributed by atoms with van der Waals surface area (Å²) in [5.41, 5.74) is 6.82. The smallest absolute Gasteiger partial charge is 0.124 e. The van der Waals surface area contributed by atoms with Crippen molar-refractivity contribution in [1.82, 2.24) is 0 Å². The van der Waals surface area contributed by atoms with Crippen molar-refractivity contribution in [3.8, 4) is 11.8 Å². The van der Waals surface area contributed by atoms with Crippen LogP contribution in [0.2, 0.25) is 0 Å². The molecule has 0 aliphatic heterocycles. The summed E-state index contributed by atoms with van der Waals surface area (Å²) in [5.74, 6) is 0.677. The maximum Gasteiger partial charge on any atom is 0.124 e. The highest BCUT2D eigenvalue weighted by atomic mass is 16.5. The van der Waals surface area contributed by atoms with Crippen molar-refractivity contribution in [3.63, 3.8) is 0 Å². The van der Waals surface area contributed by atoms with E-state index in [9.17, 15) is 0 Å². The van der Waals surface area contributed by atoms with Gasteiger partial charge in [0, 0.05) is 12.1 Å². The standard InChI is InChI=1S/C9H10N2O/c1-12-9-4-2-3-7(5-10)8(9)6-11/h2-4H,6,11H2,1H3. The first-order valence-electron chi connectivity index (χ1n) is 3.59. The van der Waals surface area contributed by atoms with E-state index >= 15 is 0 Å². The summed E-state index contributed by atoms with van der Waals surface area (Å²) in [4.78, 5) is 0. The number of benzene rings is 1. The van der Waals surface area contributed by atoms with Crippen LogP contribution in [0.5, 0.6) is 5.75 Å². The normalized spacial score (nSPS) is 9.08. The minimum atomic E-state index is 0.326. The molecule has 0 spiro atoms. The predicted octanol–water partition coefficient (Wildman–Crippen LogP) is 1.03. The van der Waals surface area contributed by atoms with E-state index in [0.717, 1.165) is 5.56 Å². The SMILES string of the molecule is COc1cccc(C#N)c1CN. The molecule has 0 aromatic heterocycles. The molecule has 3 heteroatoms. The molecule has 62 valence electrons. The van der Waals surface area contributed by atoms with E-state index in [1.807, 2.05) is 0 Å². The van der Waals surface area contributed by atoms with Gasteiger partial charge < -0.3 is 10.5 Å². The van der Waals surface area contributed by atoms with Crippen LogP contribution in [-0.4, -0.2) is 7.11 Å². The van der Waals surface area contributed by atoms with Gasteiger partial charge in [0.05, 0.1) is 18.7 Å². The molecule has 0 saturated carbocycles. The van der Waals surface area contributed by atoms with Crippen LogP contribution in [0.15, 0.2) is 18.2 Å². The molecule has 2 N–H and O–H groups in total. The summed E-state index contributed by atoms with van der Waals surface area (Å²) in [6.45, 7) is 0.326. The van der Waals surface area contributed by atoms with Gasteiger partial charge in [-0.25, -0.2) is 0 Å². The second kappa shape index (κ2) is 3.74. The lowest BCUT2D eigenvalue weighted by molar-refractivity contribution is 0.409. The number of nitrogens with zero attached hydrogens (tertiary/aromatic N) is 1. The molecule has 0 bridgehead atoms. The Labute approximate surface area is 71.4 Å². The minimum absolute atomic E-state index is 0.326. The largest absolute Gasteiger partial charge is 0.496 e. The lowest BCUT2D eigenvalue weighted by atomic mass is 10.1. The van der Waals surface area contributed by atoms with Gasteiger partial charge in [-0.2, -0.15) is 5.26 Å². The van der Waals surface area contributed by atoms with Gasteiger partial charge in [0.15, 0.2) is 0 Å². The maximum absolute atomic E-state index is 8.71. The molecule has 0 saturated heterocycles. The third-order valence-corrected chi connectivity index (χ3v) is 1.68. The Bertz CT molecular complexity index is 315. The monoisotopic (exact) mass is 162 g/mol. The van der Waals surface area contributed by atoms with Crippen LogP contribution in [-0.2, 0) is 6.54 Å². The highest BCUT2D eigenvalue weighted by Crippen LogP contribution is 2.20. The quantitative estimate of drug-likeness (QED) is 0.706. The Morgan fingerprint density at radius 3 is 2.83 bits per heavy atom.